The van der Waals surface area contributed by atoms with Gasteiger partial charge in [-0.25, -0.2) is 4.98 Å². The van der Waals surface area contributed by atoms with Gasteiger partial charge in [0.2, 0.25) is 5.95 Å². The Morgan fingerprint density at radius 1 is 1.28 bits per heavy atom. The maximum Gasteiger partial charge on any atom is 0.263 e. The number of aromatic nitrogens is 4. The molecule has 0 unspecified atom stereocenters. The Morgan fingerprint density at radius 2 is 2.10 bits per heavy atom. The molecule has 1 aromatic carbocycles. The van der Waals surface area contributed by atoms with Crippen molar-refractivity contribution in [2.24, 2.45) is 0 Å². The zero-order valence-corrected chi connectivity index (χ0v) is 16.2. The highest BCUT2D eigenvalue weighted by molar-refractivity contribution is 5.91. The molecule has 9 heteroatoms. The molecule has 4 rings (SSSR count). The van der Waals surface area contributed by atoms with Crippen molar-refractivity contribution in [1.82, 2.24) is 19.7 Å². The van der Waals surface area contributed by atoms with Crippen LogP contribution in [0.5, 0.6) is 11.5 Å². The smallest absolute Gasteiger partial charge is 0.263 e. The van der Waals surface area contributed by atoms with Crippen LogP contribution in [0.4, 0.5) is 5.82 Å². The van der Waals surface area contributed by atoms with Crippen LogP contribution in [0.25, 0.3) is 5.95 Å². The number of hydrogen-bond acceptors (Lipinski definition) is 6. The number of nitrogens with one attached hydrogen (secondary N) is 2. The summed E-state index contributed by atoms with van der Waals surface area (Å²) in [5.74, 6) is 1.49. The Balaban J connectivity index is 1.51. The van der Waals surface area contributed by atoms with E-state index in [0.29, 0.717) is 23.0 Å². The lowest BCUT2D eigenvalue weighted by Gasteiger charge is -2.10. The Hall–Kier alpha value is -3.62. The molecule has 0 saturated carbocycles. The third kappa shape index (κ3) is 3.98. The number of aryl methyl sites for hydroxylation is 2. The largest absolute Gasteiger partial charge is 0.497 e. The lowest BCUT2D eigenvalue weighted by atomic mass is 10.3. The van der Waals surface area contributed by atoms with E-state index in [9.17, 15) is 9.59 Å². The standard InChI is InChI=1S/C20H21N5O4/c1-12-9-17(22-18(26)11-29-14-6-3-5-13(10-14)28-2)25(24-12)20-21-16-8-4-7-15(16)19(27)23-20/h3,5-6,9-10H,4,7-8,11H2,1-2H3,(H,22,26)(H,21,23,27). The van der Waals surface area contributed by atoms with Crippen molar-refractivity contribution < 1.29 is 14.3 Å². The maximum atomic E-state index is 12.4. The van der Waals surface area contributed by atoms with Crippen LogP contribution in [0.15, 0.2) is 35.1 Å². The van der Waals surface area contributed by atoms with Gasteiger partial charge in [-0.3, -0.25) is 14.6 Å². The minimum atomic E-state index is -0.363. The van der Waals surface area contributed by atoms with Crippen molar-refractivity contribution in [2.45, 2.75) is 26.2 Å². The van der Waals surface area contributed by atoms with Gasteiger partial charge in [0.05, 0.1) is 18.5 Å². The summed E-state index contributed by atoms with van der Waals surface area (Å²) in [6.07, 6.45) is 2.42. The first-order chi connectivity index (χ1) is 14.0. The number of nitrogens with zero attached hydrogens (tertiary/aromatic N) is 3. The van der Waals surface area contributed by atoms with Crippen LogP contribution in [0.3, 0.4) is 0 Å². The maximum absolute atomic E-state index is 12.4. The number of fused-ring (bicyclic) bond motifs is 1. The van der Waals surface area contributed by atoms with Crippen molar-refractivity contribution in [3.05, 3.63) is 57.6 Å². The quantitative estimate of drug-likeness (QED) is 0.658. The predicted octanol–water partition coefficient (Wildman–Crippen LogP) is 1.78. The molecule has 1 aliphatic carbocycles. The summed E-state index contributed by atoms with van der Waals surface area (Å²) < 4.78 is 12.1. The molecular weight excluding hydrogens is 374 g/mol. The molecule has 9 nitrogen and oxygen atoms in total. The third-order valence-corrected chi connectivity index (χ3v) is 4.64. The first-order valence-electron chi connectivity index (χ1n) is 9.29. The number of carbonyl (C=O) groups excluding carboxylic acids is 1. The SMILES string of the molecule is COc1cccc(OCC(=O)Nc2cc(C)nn2-c2nc3c(c(=O)[nH]2)CCC3)c1. The normalized spacial score (nSPS) is 12.5. The van der Waals surface area contributed by atoms with Crippen LogP contribution >= 0.6 is 0 Å². The van der Waals surface area contributed by atoms with Crippen molar-refractivity contribution in [2.75, 3.05) is 19.0 Å². The van der Waals surface area contributed by atoms with Crippen LogP contribution in [-0.4, -0.2) is 39.4 Å². The summed E-state index contributed by atoms with van der Waals surface area (Å²) in [5.41, 5.74) is 2.04. The summed E-state index contributed by atoms with van der Waals surface area (Å²) >= 11 is 0. The van der Waals surface area contributed by atoms with E-state index in [4.69, 9.17) is 9.47 Å². The fraction of sp³-hybridized carbons (Fsp3) is 0.300. The molecule has 2 N–H and O–H groups in total. The van der Waals surface area contributed by atoms with Gasteiger partial charge in [-0.2, -0.15) is 9.78 Å². The Bertz CT molecular complexity index is 1120. The van der Waals surface area contributed by atoms with E-state index in [-0.39, 0.29) is 24.0 Å². The number of benzene rings is 1. The molecule has 2 heterocycles. The lowest BCUT2D eigenvalue weighted by Crippen LogP contribution is -2.24. The first kappa shape index (κ1) is 18.7. The van der Waals surface area contributed by atoms with Crippen LogP contribution in [0, 0.1) is 6.92 Å². The molecule has 1 aliphatic rings. The van der Waals surface area contributed by atoms with Crippen LogP contribution in [0.1, 0.15) is 23.4 Å². The molecule has 0 aliphatic heterocycles. The zero-order chi connectivity index (χ0) is 20.4. The topological polar surface area (TPSA) is 111 Å². The number of H-pyrrole nitrogens is 1. The molecule has 2 aromatic heterocycles. The lowest BCUT2D eigenvalue weighted by molar-refractivity contribution is -0.118. The van der Waals surface area contributed by atoms with Gasteiger partial charge >= 0.3 is 0 Å². The summed E-state index contributed by atoms with van der Waals surface area (Å²) in [6, 6.07) is 8.71. The van der Waals surface area contributed by atoms with Crippen LogP contribution in [0.2, 0.25) is 0 Å². The fourth-order valence-corrected chi connectivity index (χ4v) is 3.30. The van der Waals surface area contributed by atoms with Gasteiger partial charge in [0.15, 0.2) is 6.61 Å². The average Bonchev–Trinajstić information content (AvgIpc) is 3.33. The molecule has 150 valence electrons. The number of methoxy groups -OCH3 is 1. The van der Waals surface area contributed by atoms with Crippen molar-refractivity contribution in [3.63, 3.8) is 0 Å². The van der Waals surface area contributed by atoms with Gasteiger partial charge in [0.25, 0.3) is 11.5 Å². The molecule has 1 amide bonds. The van der Waals surface area contributed by atoms with Gasteiger partial charge in [-0.1, -0.05) is 6.07 Å². The van der Waals surface area contributed by atoms with E-state index in [1.54, 1.807) is 44.4 Å². The second-order valence-electron chi connectivity index (χ2n) is 6.77. The molecular formula is C20H21N5O4. The summed E-state index contributed by atoms with van der Waals surface area (Å²) in [6.45, 7) is 1.61. The van der Waals surface area contributed by atoms with E-state index >= 15 is 0 Å². The van der Waals surface area contributed by atoms with E-state index < -0.39 is 0 Å². The highest BCUT2D eigenvalue weighted by Gasteiger charge is 2.20. The van der Waals surface area contributed by atoms with Gasteiger partial charge in [0.1, 0.15) is 17.3 Å². The minimum Gasteiger partial charge on any atom is -0.497 e. The summed E-state index contributed by atoms with van der Waals surface area (Å²) in [5, 5.41) is 7.11. The fourth-order valence-electron chi connectivity index (χ4n) is 3.30. The number of carbonyl (C=O) groups is 1. The zero-order valence-electron chi connectivity index (χ0n) is 16.2. The average molecular weight is 395 g/mol. The van der Waals surface area contributed by atoms with E-state index in [0.717, 1.165) is 30.5 Å². The highest BCUT2D eigenvalue weighted by atomic mass is 16.5. The number of amides is 1. The Morgan fingerprint density at radius 3 is 2.93 bits per heavy atom. The Kier molecular flexibility index (Phi) is 5.03. The molecule has 0 atom stereocenters. The first-order valence-corrected chi connectivity index (χ1v) is 9.29. The van der Waals surface area contributed by atoms with E-state index in [2.05, 4.69) is 20.4 Å². The van der Waals surface area contributed by atoms with Gasteiger partial charge < -0.3 is 14.8 Å². The highest BCUT2D eigenvalue weighted by Crippen LogP contribution is 2.20. The molecule has 29 heavy (non-hydrogen) atoms. The molecule has 0 bridgehead atoms. The summed E-state index contributed by atoms with van der Waals surface area (Å²) in [4.78, 5) is 32.0. The monoisotopic (exact) mass is 395 g/mol. The molecule has 0 saturated heterocycles. The third-order valence-electron chi connectivity index (χ3n) is 4.64. The molecule has 0 spiro atoms. The van der Waals surface area contributed by atoms with Crippen molar-refractivity contribution in [1.29, 1.82) is 0 Å². The molecule has 3 aromatic rings. The van der Waals surface area contributed by atoms with Crippen molar-refractivity contribution in [3.8, 4) is 17.4 Å². The van der Waals surface area contributed by atoms with Crippen LogP contribution < -0.4 is 20.3 Å². The van der Waals surface area contributed by atoms with Crippen molar-refractivity contribution >= 4 is 11.7 Å². The summed E-state index contributed by atoms with van der Waals surface area (Å²) in [7, 11) is 1.56. The van der Waals surface area contributed by atoms with E-state index in [1.165, 1.54) is 4.68 Å². The predicted molar refractivity (Wildman–Crippen MR) is 106 cm³/mol. The number of rotatable bonds is 6. The number of ether oxygens (including phenoxy) is 2. The van der Waals surface area contributed by atoms with Gasteiger partial charge in [-0.05, 0) is 38.3 Å². The second-order valence-corrected chi connectivity index (χ2v) is 6.77. The van der Waals surface area contributed by atoms with Gasteiger partial charge in [0, 0.05) is 17.7 Å². The second kappa shape index (κ2) is 7.78. The number of anilines is 1. The Labute approximate surface area is 166 Å². The number of hydrogen-bond donors (Lipinski definition) is 2. The van der Waals surface area contributed by atoms with Crippen LogP contribution in [-0.2, 0) is 17.6 Å². The molecule has 0 fully saturated rings. The van der Waals surface area contributed by atoms with Gasteiger partial charge in [-0.15, -0.1) is 0 Å². The van der Waals surface area contributed by atoms with E-state index in [1.807, 2.05) is 0 Å². The number of aromatic amines is 1. The molecule has 0 radical (unpaired) electrons. The minimum absolute atomic E-state index is 0.158.